The second kappa shape index (κ2) is 11.7. The quantitative estimate of drug-likeness (QED) is 0.326. The van der Waals surface area contributed by atoms with Crippen LogP contribution < -0.4 is 10.6 Å². The van der Waals surface area contributed by atoms with E-state index in [1.54, 1.807) is 24.5 Å². The summed E-state index contributed by atoms with van der Waals surface area (Å²) in [4.78, 5) is 10.8. The summed E-state index contributed by atoms with van der Waals surface area (Å²) in [6, 6.07) is 13.2. The number of pyridine rings is 2. The van der Waals surface area contributed by atoms with Crippen molar-refractivity contribution >= 4 is 33.2 Å². The highest BCUT2D eigenvalue weighted by Crippen LogP contribution is 2.23. The maximum Gasteiger partial charge on any atom is 0.125 e. The van der Waals surface area contributed by atoms with Gasteiger partial charge in [-0.15, -0.1) is 0 Å². The second-order valence-electron chi connectivity index (χ2n) is 8.40. The Bertz CT molecular complexity index is 1220. The van der Waals surface area contributed by atoms with E-state index in [9.17, 15) is 8.78 Å². The van der Waals surface area contributed by atoms with Crippen molar-refractivity contribution < 1.29 is 8.78 Å². The van der Waals surface area contributed by atoms with Crippen LogP contribution in [0.2, 0.25) is 0 Å². The van der Waals surface area contributed by atoms with Crippen molar-refractivity contribution in [3.63, 3.8) is 0 Å². The van der Waals surface area contributed by atoms with Crippen LogP contribution in [-0.4, -0.2) is 47.6 Å². The molecule has 2 N–H and O–H groups in total. The Labute approximate surface area is 199 Å². The zero-order valence-electron chi connectivity index (χ0n) is 19.5. The highest BCUT2D eigenvalue weighted by molar-refractivity contribution is 5.91. The van der Waals surface area contributed by atoms with E-state index < -0.39 is 0 Å². The molecule has 1 aliphatic rings. The van der Waals surface area contributed by atoms with Crippen molar-refractivity contribution in [3.8, 4) is 0 Å². The van der Waals surface area contributed by atoms with E-state index in [1.807, 2.05) is 19.1 Å². The zero-order valence-corrected chi connectivity index (χ0v) is 19.5. The first kappa shape index (κ1) is 23.8. The summed E-state index contributed by atoms with van der Waals surface area (Å²) in [6.07, 6.45) is 7.22. The molecule has 34 heavy (non-hydrogen) atoms. The molecule has 0 unspecified atom stereocenters. The molecule has 2 aromatic heterocycles. The van der Waals surface area contributed by atoms with E-state index in [0.29, 0.717) is 11.0 Å². The van der Waals surface area contributed by atoms with Crippen LogP contribution in [0.25, 0.3) is 21.8 Å². The SMILES string of the molecule is CCNc1ccnc2cc(F)ccc12.Fc1ccc2c(NCCCN3CCCC3)ccnc2c1. The Hall–Kier alpha value is -3.32. The largest absolute Gasteiger partial charge is 0.385 e. The van der Waals surface area contributed by atoms with Crippen LogP contribution in [0.3, 0.4) is 0 Å². The number of fused-ring (bicyclic) bond motifs is 2. The Balaban J connectivity index is 0.000000172. The molecule has 0 radical (unpaired) electrons. The first-order valence-corrected chi connectivity index (χ1v) is 11.9. The van der Waals surface area contributed by atoms with Gasteiger partial charge in [0.05, 0.1) is 11.0 Å². The highest BCUT2D eigenvalue weighted by Gasteiger charge is 2.10. The fourth-order valence-electron chi connectivity index (χ4n) is 4.27. The molecule has 0 saturated carbocycles. The molecular formula is C27H31F2N5. The molecule has 178 valence electrons. The maximum atomic E-state index is 13.2. The van der Waals surface area contributed by atoms with E-state index in [-0.39, 0.29) is 11.6 Å². The molecule has 4 aromatic rings. The highest BCUT2D eigenvalue weighted by atomic mass is 19.1. The lowest BCUT2D eigenvalue weighted by Crippen LogP contribution is -2.22. The van der Waals surface area contributed by atoms with Gasteiger partial charge in [0, 0.05) is 59.8 Å². The summed E-state index contributed by atoms with van der Waals surface area (Å²) < 4.78 is 26.1. The summed E-state index contributed by atoms with van der Waals surface area (Å²) >= 11 is 0. The van der Waals surface area contributed by atoms with Crippen LogP contribution >= 0.6 is 0 Å². The van der Waals surface area contributed by atoms with Gasteiger partial charge in [0.2, 0.25) is 0 Å². The minimum absolute atomic E-state index is 0.240. The Morgan fingerprint density at radius 2 is 1.35 bits per heavy atom. The van der Waals surface area contributed by atoms with Gasteiger partial charge in [0.1, 0.15) is 11.6 Å². The van der Waals surface area contributed by atoms with Gasteiger partial charge in [-0.25, -0.2) is 8.78 Å². The summed E-state index contributed by atoms with van der Waals surface area (Å²) in [5.74, 6) is -0.491. The van der Waals surface area contributed by atoms with Crippen molar-refractivity contribution in [2.24, 2.45) is 0 Å². The molecule has 5 nitrogen and oxygen atoms in total. The minimum Gasteiger partial charge on any atom is -0.385 e. The van der Waals surface area contributed by atoms with E-state index in [0.717, 1.165) is 48.2 Å². The third-order valence-electron chi connectivity index (χ3n) is 5.94. The lowest BCUT2D eigenvalue weighted by Gasteiger charge is -2.15. The number of anilines is 2. The van der Waals surface area contributed by atoms with Crippen molar-refractivity contribution in [1.29, 1.82) is 0 Å². The summed E-state index contributed by atoms with van der Waals surface area (Å²) in [7, 11) is 0. The van der Waals surface area contributed by atoms with Gasteiger partial charge in [0.25, 0.3) is 0 Å². The zero-order chi connectivity index (χ0) is 23.8. The third kappa shape index (κ3) is 6.17. The van der Waals surface area contributed by atoms with E-state index in [4.69, 9.17) is 0 Å². The van der Waals surface area contributed by atoms with Crippen LogP contribution in [0.5, 0.6) is 0 Å². The van der Waals surface area contributed by atoms with Crippen LogP contribution in [0, 0.1) is 11.6 Å². The van der Waals surface area contributed by atoms with Gasteiger partial charge in [-0.2, -0.15) is 0 Å². The lowest BCUT2D eigenvalue weighted by molar-refractivity contribution is 0.337. The predicted octanol–water partition coefficient (Wildman–Crippen LogP) is 6.08. The number of halogens is 2. The fraction of sp³-hybridized carbons (Fsp3) is 0.333. The maximum absolute atomic E-state index is 13.2. The molecule has 5 rings (SSSR count). The average Bonchev–Trinajstić information content (AvgIpc) is 3.36. The summed E-state index contributed by atoms with van der Waals surface area (Å²) in [5.41, 5.74) is 3.42. The number of rotatable bonds is 7. The Morgan fingerprint density at radius 3 is 1.91 bits per heavy atom. The van der Waals surface area contributed by atoms with Crippen molar-refractivity contribution in [3.05, 3.63) is 72.6 Å². The summed E-state index contributed by atoms with van der Waals surface area (Å²) in [6.45, 7) is 7.46. The van der Waals surface area contributed by atoms with Gasteiger partial charge in [-0.05, 0) is 82.2 Å². The van der Waals surface area contributed by atoms with Crippen LogP contribution in [-0.2, 0) is 0 Å². The number of nitrogens with zero attached hydrogens (tertiary/aromatic N) is 3. The third-order valence-corrected chi connectivity index (χ3v) is 5.94. The van der Waals surface area contributed by atoms with Gasteiger partial charge < -0.3 is 15.5 Å². The van der Waals surface area contributed by atoms with Gasteiger partial charge in [-0.3, -0.25) is 9.97 Å². The molecule has 0 atom stereocenters. The van der Waals surface area contributed by atoms with Crippen LogP contribution in [0.4, 0.5) is 20.2 Å². The van der Waals surface area contributed by atoms with E-state index >= 15 is 0 Å². The lowest BCUT2D eigenvalue weighted by atomic mass is 10.2. The molecular weight excluding hydrogens is 432 g/mol. The number of hydrogen-bond acceptors (Lipinski definition) is 5. The van der Waals surface area contributed by atoms with E-state index in [2.05, 4.69) is 25.5 Å². The predicted molar refractivity (Wildman–Crippen MR) is 136 cm³/mol. The first-order valence-electron chi connectivity index (χ1n) is 11.9. The van der Waals surface area contributed by atoms with E-state index in [1.165, 1.54) is 50.2 Å². The van der Waals surface area contributed by atoms with Gasteiger partial charge in [-0.1, -0.05) is 0 Å². The molecule has 1 fully saturated rings. The smallest absolute Gasteiger partial charge is 0.125 e. The molecule has 0 amide bonds. The van der Waals surface area contributed by atoms with Crippen molar-refractivity contribution in [1.82, 2.24) is 14.9 Å². The molecule has 2 aromatic carbocycles. The molecule has 3 heterocycles. The standard InChI is InChI=1S/C16H20FN3.C11H11FN2/c17-13-4-5-14-15(6-8-19-16(14)12-13)18-7-3-11-20-9-1-2-10-20;1-2-13-10-5-6-14-11-7-8(12)3-4-9(10)11/h4-6,8,12H,1-3,7,9-11H2,(H,18,19);3-7H,2H2,1H3,(H,13,14). The number of nitrogens with one attached hydrogen (secondary N) is 2. The van der Waals surface area contributed by atoms with Crippen LogP contribution in [0.1, 0.15) is 26.2 Å². The Morgan fingerprint density at radius 1 is 0.794 bits per heavy atom. The molecule has 7 heteroatoms. The molecule has 0 spiro atoms. The van der Waals surface area contributed by atoms with Crippen molar-refractivity contribution in [2.75, 3.05) is 43.4 Å². The fourth-order valence-corrected chi connectivity index (χ4v) is 4.27. The minimum atomic E-state index is -0.251. The van der Waals surface area contributed by atoms with Gasteiger partial charge >= 0.3 is 0 Å². The topological polar surface area (TPSA) is 53.1 Å². The normalized spacial score (nSPS) is 13.6. The first-order chi connectivity index (χ1) is 16.6. The average molecular weight is 464 g/mol. The molecule has 1 aliphatic heterocycles. The molecule has 0 aliphatic carbocycles. The molecule has 0 bridgehead atoms. The number of benzene rings is 2. The second-order valence-corrected chi connectivity index (χ2v) is 8.40. The number of likely N-dealkylation sites (tertiary alicyclic amines) is 1. The Kier molecular flexibility index (Phi) is 8.20. The summed E-state index contributed by atoms with van der Waals surface area (Å²) in [5, 5.41) is 8.59. The van der Waals surface area contributed by atoms with Gasteiger partial charge in [0.15, 0.2) is 0 Å². The molecule has 1 saturated heterocycles. The van der Waals surface area contributed by atoms with Crippen molar-refractivity contribution in [2.45, 2.75) is 26.2 Å². The number of hydrogen-bond donors (Lipinski definition) is 2. The monoisotopic (exact) mass is 463 g/mol. The number of aromatic nitrogens is 2. The van der Waals surface area contributed by atoms with Crippen LogP contribution in [0.15, 0.2) is 60.9 Å².